The fraction of sp³-hybridized carbons (Fsp3) is 0.400. The zero-order valence-corrected chi connectivity index (χ0v) is 11.7. The molecule has 0 saturated carbocycles. The van der Waals surface area contributed by atoms with Crippen LogP contribution in [0.1, 0.15) is 34.8 Å². The summed E-state index contributed by atoms with van der Waals surface area (Å²) in [7, 11) is 0. The van der Waals surface area contributed by atoms with Gasteiger partial charge in [0.2, 0.25) is 0 Å². The zero-order chi connectivity index (χ0) is 16.0. The van der Waals surface area contributed by atoms with E-state index in [1.807, 2.05) is 0 Å². The monoisotopic (exact) mass is 299 g/mol. The first-order valence-electron chi connectivity index (χ1n) is 6.30. The van der Waals surface area contributed by atoms with Gasteiger partial charge in [0.1, 0.15) is 6.61 Å². The van der Waals surface area contributed by atoms with E-state index >= 15 is 0 Å². The maximum atomic E-state index is 12.2. The minimum atomic E-state index is -4.32. The number of aliphatic hydroxyl groups excluding tert-OH is 1. The number of benzene rings is 1. The van der Waals surface area contributed by atoms with Crippen LogP contribution in [0.2, 0.25) is 0 Å². The normalized spacial score (nSPS) is 12.3. The van der Waals surface area contributed by atoms with E-state index in [0.29, 0.717) is 5.56 Å². The molecular weight excluding hydrogens is 283 g/mol. The van der Waals surface area contributed by atoms with Crippen molar-refractivity contribution in [1.82, 2.24) is 5.32 Å². The Morgan fingerprint density at radius 3 is 2.62 bits per heavy atom. The summed E-state index contributed by atoms with van der Waals surface area (Å²) in [5.41, 5.74) is 1.53. The van der Waals surface area contributed by atoms with E-state index < -0.39 is 24.5 Å². The van der Waals surface area contributed by atoms with Gasteiger partial charge in [0.05, 0.1) is 6.42 Å². The summed E-state index contributed by atoms with van der Waals surface area (Å²) in [6.07, 6.45) is -5.40. The molecule has 0 aliphatic rings. The van der Waals surface area contributed by atoms with Gasteiger partial charge in [-0.1, -0.05) is 11.8 Å². The highest BCUT2D eigenvalue weighted by atomic mass is 19.4. The van der Waals surface area contributed by atoms with Gasteiger partial charge in [-0.2, -0.15) is 13.2 Å². The highest BCUT2D eigenvalue weighted by Crippen LogP contribution is 2.21. The smallest absolute Gasteiger partial charge is 0.384 e. The number of nitrogens with one attached hydrogen (secondary N) is 1. The van der Waals surface area contributed by atoms with Crippen LogP contribution in [0.5, 0.6) is 0 Å². The van der Waals surface area contributed by atoms with Crippen LogP contribution in [0.4, 0.5) is 13.2 Å². The second-order valence-corrected chi connectivity index (χ2v) is 4.74. The van der Waals surface area contributed by atoms with Crippen molar-refractivity contribution in [2.75, 3.05) is 6.61 Å². The lowest BCUT2D eigenvalue weighted by molar-refractivity contribution is -0.138. The average Bonchev–Trinajstić information content (AvgIpc) is 2.33. The first-order chi connectivity index (χ1) is 9.71. The molecule has 1 atom stereocenters. The van der Waals surface area contributed by atoms with Crippen molar-refractivity contribution in [3.8, 4) is 11.8 Å². The number of aliphatic hydroxyl groups is 1. The molecule has 3 nitrogen and oxygen atoms in total. The molecule has 1 aromatic rings. The number of carbonyl (C=O) groups is 1. The predicted molar refractivity (Wildman–Crippen MR) is 72.7 cm³/mol. The molecule has 2 N–H and O–H groups in total. The summed E-state index contributed by atoms with van der Waals surface area (Å²) in [4.78, 5) is 11.9. The number of carbonyl (C=O) groups excluding carboxylic acids is 1. The quantitative estimate of drug-likeness (QED) is 0.842. The Kier molecular flexibility index (Phi) is 5.79. The fourth-order valence-electron chi connectivity index (χ4n) is 1.83. The van der Waals surface area contributed by atoms with E-state index in [2.05, 4.69) is 17.2 Å². The van der Waals surface area contributed by atoms with E-state index in [1.54, 1.807) is 19.1 Å². The number of aryl methyl sites for hydroxylation is 1. The van der Waals surface area contributed by atoms with Crippen molar-refractivity contribution in [3.05, 3.63) is 34.9 Å². The van der Waals surface area contributed by atoms with Crippen LogP contribution in [0.3, 0.4) is 0 Å². The molecule has 0 aromatic heterocycles. The SMILES string of the molecule is Cc1cc(C#CCO)cc(C(=O)NC(C)CC(F)(F)F)c1. The zero-order valence-electron chi connectivity index (χ0n) is 11.7. The van der Waals surface area contributed by atoms with Gasteiger partial charge in [-0.15, -0.1) is 0 Å². The van der Waals surface area contributed by atoms with Gasteiger partial charge in [-0.3, -0.25) is 4.79 Å². The van der Waals surface area contributed by atoms with Gasteiger partial charge in [0, 0.05) is 17.2 Å². The summed E-state index contributed by atoms with van der Waals surface area (Å²) in [6, 6.07) is 3.76. The molecule has 21 heavy (non-hydrogen) atoms. The molecule has 0 heterocycles. The topological polar surface area (TPSA) is 49.3 Å². The third-order valence-electron chi connectivity index (χ3n) is 2.57. The fourth-order valence-corrected chi connectivity index (χ4v) is 1.83. The molecule has 0 fully saturated rings. The summed E-state index contributed by atoms with van der Waals surface area (Å²) in [5.74, 6) is 4.54. The molecule has 0 spiro atoms. The lowest BCUT2D eigenvalue weighted by Crippen LogP contribution is -2.36. The second-order valence-electron chi connectivity index (χ2n) is 4.74. The number of halogens is 3. The molecule has 0 aliphatic heterocycles. The van der Waals surface area contributed by atoms with Gasteiger partial charge in [0.25, 0.3) is 5.91 Å². The first kappa shape index (κ1) is 17.1. The van der Waals surface area contributed by atoms with Crippen molar-refractivity contribution >= 4 is 5.91 Å². The number of hydrogen-bond acceptors (Lipinski definition) is 2. The molecule has 0 bridgehead atoms. The van der Waals surface area contributed by atoms with Crippen LogP contribution in [-0.4, -0.2) is 29.8 Å². The molecule has 1 unspecified atom stereocenters. The Bertz CT molecular complexity index is 571. The molecule has 1 rings (SSSR count). The Balaban J connectivity index is 2.85. The van der Waals surface area contributed by atoms with E-state index in [9.17, 15) is 18.0 Å². The second kappa shape index (κ2) is 7.14. The van der Waals surface area contributed by atoms with Crippen molar-refractivity contribution < 1.29 is 23.1 Å². The summed E-state index contributed by atoms with van der Waals surface area (Å²) < 4.78 is 36.7. The molecule has 6 heteroatoms. The lowest BCUT2D eigenvalue weighted by atomic mass is 10.1. The maximum absolute atomic E-state index is 12.2. The van der Waals surface area contributed by atoms with Crippen LogP contribution in [0, 0.1) is 18.8 Å². The molecule has 114 valence electrons. The first-order valence-corrected chi connectivity index (χ1v) is 6.30. The van der Waals surface area contributed by atoms with Crippen LogP contribution in [-0.2, 0) is 0 Å². The van der Waals surface area contributed by atoms with Gasteiger partial charge in [-0.25, -0.2) is 0 Å². The van der Waals surface area contributed by atoms with Crippen LogP contribution < -0.4 is 5.32 Å². The van der Waals surface area contributed by atoms with E-state index in [0.717, 1.165) is 5.56 Å². The van der Waals surface area contributed by atoms with Crippen molar-refractivity contribution in [2.45, 2.75) is 32.5 Å². The minimum absolute atomic E-state index is 0.242. The Morgan fingerprint density at radius 1 is 1.38 bits per heavy atom. The predicted octanol–water partition coefficient (Wildman–Crippen LogP) is 2.41. The van der Waals surface area contributed by atoms with Gasteiger partial charge < -0.3 is 10.4 Å². The Morgan fingerprint density at radius 2 is 2.05 bits per heavy atom. The van der Waals surface area contributed by atoms with Gasteiger partial charge in [0.15, 0.2) is 0 Å². The number of amides is 1. The highest BCUT2D eigenvalue weighted by Gasteiger charge is 2.30. The highest BCUT2D eigenvalue weighted by molar-refractivity contribution is 5.95. The van der Waals surface area contributed by atoms with Crippen molar-refractivity contribution in [1.29, 1.82) is 0 Å². The molecule has 0 aliphatic carbocycles. The standard InChI is InChI=1S/C15H16F3NO2/c1-10-6-12(4-3-5-20)8-13(7-10)14(21)19-11(2)9-15(16,17)18/h6-8,11,20H,5,9H2,1-2H3,(H,19,21). The Labute approximate surface area is 121 Å². The van der Waals surface area contributed by atoms with Gasteiger partial charge >= 0.3 is 6.18 Å². The van der Waals surface area contributed by atoms with Crippen molar-refractivity contribution in [2.24, 2.45) is 0 Å². The number of hydrogen-bond donors (Lipinski definition) is 2. The van der Waals surface area contributed by atoms with E-state index in [-0.39, 0.29) is 12.2 Å². The molecular formula is C15H16F3NO2. The minimum Gasteiger partial charge on any atom is -0.384 e. The van der Waals surface area contributed by atoms with Gasteiger partial charge in [-0.05, 0) is 37.6 Å². The summed E-state index contributed by atoms with van der Waals surface area (Å²) in [5, 5.41) is 10.9. The summed E-state index contributed by atoms with van der Waals surface area (Å²) >= 11 is 0. The largest absolute Gasteiger partial charge is 0.391 e. The average molecular weight is 299 g/mol. The van der Waals surface area contributed by atoms with E-state index in [4.69, 9.17) is 5.11 Å². The third kappa shape index (κ3) is 6.32. The van der Waals surface area contributed by atoms with Crippen molar-refractivity contribution in [3.63, 3.8) is 0 Å². The number of alkyl halides is 3. The van der Waals surface area contributed by atoms with Crippen LogP contribution in [0.25, 0.3) is 0 Å². The van der Waals surface area contributed by atoms with E-state index in [1.165, 1.54) is 13.0 Å². The summed E-state index contributed by atoms with van der Waals surface area (Å²) in [6.45, 7) is 2.74. The lowest BCUT2D eigenvalue weighted by Gasteiger charge is -2.16. The number of rotatable bonds is 3. The maximum Gasteiger partial charge on any atom is 0.391 e. The van der Waals surface area contributed by atoms with Crippen LogP contribution in [0.15, 0.2) is 18.2 Å². The molecule has 1 aromatic carbocycles. The third-order valence-corrected chi connectivity index (χ3v) is 2.57. The molecule has 0 saturated heterocycles. The van der Waals surface area contributed by atoms with Crippen LogP contribution >= 0.6 is 0 Å². The molecule has 1 amide bonds. The Hall–Kier alpha value is -2.00. The molecule has 0 radical (unpaired) electrons.